The maximum atomic E-state index is 15.0. The van der Waals surface area contributed by atoms with Crippen LogP contribution in [0.5, 0.6) is 0 Å². The average Bonchev–Trinajstić information content (AvgIpc) is 4.50. The van der Waals surface area contributed by atoms with Crippen LogP contribution in [0.2, 0.25) is 0 Å². The van der Waals surface area contributed by atoms with Crippen LogP contribution in [0, 0.1) is 17.8 Å². The third-order valence-electron chi connectivity index (χ3n) is 15.1. The van der Waals surface area contributed by atoms with Gasteiger partial charge >= 0.3 is 0 Å². The number of aliphatic hydroxyl groups excluding tert-OH is 1. The van der Waals surface area contributed by atoms with E-state index in [0.29, 0.717) is 36.9 Å². The number of aliphatic hydroxyl groups is 1. The number of fused-ring (bicyclic) bond motifs is 2. The van der Waals surface area contributed by atoms with Gasteiger partial charge in [0.15, 0.2) is 0 Å². The van der Waals surface area contributed by atoms with Crippen LogP contribution < -0.4 is 54.0 Å². The Bertz CT molecular complexity index is 2570. The molecule has 3 saturated heterocycles. The quantitative estimate of drug-likeness (QED) is 0.0803. The molecule has 1 aromatic carbocycles. The molecule has 0 saturated carbocycles. The van der Waals surface area contributed by atoms with Gasteiger partial charge in [0.05, 0.1) is 18.3 Å². The van der Waals surface area contributed by atoms with E-state index in [1.807, 2.05) is 0 Å². The first-order chi connectivity index (χ1) is 39.4. The summed E-state index contributed by atoms with van der Waals surface area (Å²) in [6, 6.07) is -4.57. The number of hydrogen-bond acceptors (Lipinski definition) is 15. The highest BCUT2D eigenvalue weighted by Gasteiger charge is 2.44. The second-order valence-corrected chi connectivity index (χ2v) is 23.5. The molecule has 27 heteroatoms. The summed E-state index contributed by atoms with van der Waals surface area (Å²) in [4.78, 5) is 167. The third-order valence-corrected chi connectivity index (χ3v) is 16.1. The minimum absolute atomic E-state index is 0.00573. The number of aromatic nitrogens is 2. The molecule has 2 aromatic rings. The smallest absolute Gasteiger partial charge is 0.246 e. The zero-order chi connectivity index (χ0) is 61.1. The van der Waals surface area contributed by atoms with E-state index < -0.39 is 143 Å². The number of imidazole rings is 1. The first kappa shape index (κ1) is 66.7. The van der Waals surface area contributed by atoms with Crippen LogP contribution >= 0.6 is 11.8 Å². The number of H-pyrrole nitrogens is 1. The lowest BCUT2D eigenvalue weighted by atomic mass is 9.95. The van der Waals surface area contributed by atoms with Crippen LogP contribution in [0.4, 0.5) is 0 Å². The number of carbonyl (C=O) groups excluding carboxylic acids is 11. The summed E-state index contributed by atoms with van der Waals surface area (Å²) >= 11 is 1.24. The Morgan fingerprint density at radius 1 is 0.663 bits per heavy atom. The number of aromatic amines is 1. The van der Waals surface area contributed by atoms with Gasteiger partial charge in [-0.15, -0.1) is 11.8 Å². The minimum atomic E-state index is -1.68. The van der Waals surface area contributed by atoms with E-state index in [-0.39, 0.29) is 75.6 Å². The van der Waals surface area contributed by atoms with Gasteiger partial charge in [0.2, 0.25) is 65.0 Å². The van der Waals surface area contributed by atoms with Gasteiger partial charge in [-0.2, -0.15) is 0 Å². The van der Waals surface area contributed by atoms with E-state index in [4.69, 9.17) is 11.5 Å². The highest BCUT2D eigenvalue weighted by molar-refractivity contribution is 7.99. The molecule has 1 aromatic heterocycles. The molecule has 3 fully saturated rings. The standard InChI is InChI=1S/C56H86N14O12S/c1-8-32(6)45-53(79)66-44(31(4)5)52(78)68-46(33(7)71)54(80)64-38(23-30(2)3)48(74)65-40(24-34-15-10-9-11-16-34)56(82)69-22-14-18-41(69)50(76)63-39(25-35-26-59-28-60-35)49(75)62-37(17-12-13-21-57)55(81)70-29-83-27-42(70)51(77)61-36(47(73)67-45)19-20-43(58)72/h9-11,15-16,26,28,30-33,36-42,44-46,71H,8,12-14,17-25,27,29,57H2,1-7H3,(H2,58,72)(H,59,60)(H,61,77)(H,62,75)(H,63,76)(H,64,80)(H,65,74)(H,66,79)(H,67,73)(H,68,78)/t32-,33+,36+,37-,38-,39-,40+,41-,42-,44-,45-,46-/m0/s1. The number of primary amides is 1. The van der Waals surface area contributed by atoms with E-state index >= 15 is 0 Å². The lowest BCUT2D eigenvalue weighted by molar-refractivity contribution is -0.143. The highest BCUT2D eigenvalue weighted by Crippen LogP contribution is 2.25. The third kappa shape index (κ3) is 19.2. The number of thioether (sulfide) groups is 1. The topological polar surface area (TPSA) is 391 Å². The van der Waals surface area contributed by atoms with E-state index in [0.717, 1.165) is 0 Å². The molecule has 4 heterocycles. The molecular weight excluding hydrogens is 1090 g/mol. The number of rotatable bonds is 17. The van der Waals surface area contributed by atoms with E-state index in [2.05, 4.69) is 52.5 Å². The summed E-state index contributed by atoms with van der Waals surface area (Å²) in [7, 11) is 0. The first-order valence-electron chi connectivity index (χ1n) is 28.7. The van der Waals surface area contributed by atoms with Crippen LogP contribution in [-0.4, -0.2) is 181 Å². The van der Waals surface area contributed by atoms with Crippen molar-refractivity contribution in [2.45, 2.75) is 186 Å². The maximum Gasteiger partial charge on any atom is 0.246 e. The Balaban J connectivity index is 1.60. The molecule has 83 heavy (non-hydrogen) atoms. The van der Waals surface area contributed by atoms with Crippen LogP contribution in [0.1, 0.15) is 118 Å². The number of nitrogens with zero attached hydrogens (tertiary/aromatic N) is 3. The Hall–Kier alpha value is -7.13. The second-order valence-electron chi connectivity index (χ2n) is 22.5. The zero-order valence-electron chi connectivity index (χ0n) is 48.6. The molecule has 5 rings (SSSR count). The van der Waals surface area contributed by atoms with Crippen LogP contribution in [0.25, 0.3) is 0 Å². The Morgan fingerprint density at radius 3 is 1.87 bits per heavy atom. The van der Waals surface area contributed by atoms with Crippen molar-refractivity contribution in [3.05, 3.63) is 54.1 Å². The average molecular weight is 1180 g/mol. The van der Waals surface area contributed by atoms with Gasteiger partial charge in [-0.05, 0) is 81.7 Å². The number of unbranched alkanes of at least 4 members (excludes halogenated alkanes) is 1. The van der Waals surface area contributed by atoms with Gasteiger partial charge in [-0.1, -0.05) is 78.3 Å². The Kier molecular flexibility index (Phi) is 25.8. The fourth-order valence-corrected chi connectivity index (χ4v) is 11.4. The van der Waals surface area contributed by atoms with Crippen molar-refractivity contribution in [2.24, 2.45) is 29.2 Å². The number of benzene rings is 1. The predicted octanol–water partition coefficient (Wildman–Crippen LogP) is -1.50. The van der Waals surface area contributed by atoms with Crippen molar-refractivity contribution in [2.75, 3.05) is 24.7 Å². The number of hydrogen-bond donors (Lipinski definition) is 12. The largest absolute Gasteiger partial charge is 0.391 e. The van der Waals surface area contributed by atoms with Gasteiger partial charge in [-0.3, -0.25) is 52.7 Å². The fraction of sp³-hybridized carbons (Fsp3) is 0.643. The maximum absolute atomic E-state index is 15.0. The van der Waals surface area contributed by atoms with E-state index in [9.17, 15) is 57.8 Å². The second kappa shape index (κ2) is 32.1. The van der Waals surface area contributed by atoms with Crippen LogP contribution in [0.3, 0.4) is 0 Å². The minimum Gasteiger partial charge on any atom is -0.391 e. The molecule has 0 spiro atoms. The summed E-state index contributed by atoms with van der Waals surface area (Å²) in [6.45, 7) is 11.9. The van der Waals surface area contributed by atoms with Gasteiger partial charge < -0.3 is 73.9 Å². The van der Waals surface area contributed by atoms with Gasteiger partial charge in [0.25, 0.3) is 0 Å². The molecule has 0 radical (unpaired) electrons. The number of amides is 11. The number of carbonyl (C=O) groups is 11. The molecule has 3 aliphatic heterocycles. The molecule has 14 N–H and O–H groups in total. The summed E-state index contributed by atoms with van der Waals surface area (Å²) in [5.74, 6) is -10.00. The van der Waals surface area contributed by atoms with Crippen molar-refractivity contribution in [1.82, 2.24) is 62.3 Å². The molecule has 458 valence electrons. The Morgan fingerprint density at radius 2 is 1.24 bits per heavy atom. The van der Waals surface area contributed by atoms with Crippen LogP contribution in [-0.2, 0) is 65.6 Å². The van der Waals surface area contributed by atoms with Crippen molar-refractivity contribution in [3.63, 3.8) is 0 Å². The normalized spacial score (nSPS) is 27.0. The van der Waals surface area contributed by atoms with Crippen molar-refractivity contribution < 1.29 is 57.8 Å². The van der Waals surface area contributed by atoms with Crippen molar-refractivity contribution >= 4 is 76.7 Å². The summed E-state index contributed by atoms with van der Waals surface area (Å²) < 4.78 is 0. The molecule has 0 aliphatic carbocycles. The number of nitrogens with two attached hydrogens (primary N) is 2. The van der Waals surface area contributed by atoms with E-state index in [1.54, 1.807) is 71.9 Å². The molecule has 0 bridgehead atoms. The van der Waals surface area contributed by atoms with Crippen LogP contribution in [0.15, 0.2) is 42.9 Å². The zero-order valence-corrected chi connectivity index (χ0v) is 49.4. The van der Waals surface area contributed by atoms with Crippen molar-refractivity contribution in [3.8, 4) is 0 Å². The summed E-state index contributed by atoms with van der Waals surface area (Å²) in [5, 5.41) is 32.8. The van der Waals surface area contributed by atoms with Gasteiger partial charge in [0.1, 0.15) is 60.4 Å². The monoisotopic (exact) mass is 1180 g/mol. The SMILES string of the molecule is CC[C@H](C)[C@@H]1NC(=O)[C@@H](CCC(N)=O)NC(=O)[C@@H]2CSCN2C(=O)[C@H](CCCCN)NC(=O)[C@H](Cc2cnc[nH]2)NC(=O)[C@@H]2CCCN2C(=O)[C@@H](Cc2ccccc2)NC(=O)[C@H](CC(C)C)NC(=O)[C@H]([C@@H](C)O)NC(=O)[C@H](C(C)C)NC1=O. The summed E-state index contributed by atoms with van der Waals surface area (Å²) in [5.41, 5.74) is 12.5. The summed E-state index contributed by atoms with van der Waals surface area (Å²) in [6.07, 6.45) is 2.31. The molecule has 26 nitrogen and oxygen atoms in total. The van der Waals surface area contributed by atoms with E-state index in [1.165, 1.54) is 41.0 Å². The molecule has 12 atom stereocenters. The molecule has 3 aliphatic rings. The predicted molar refractivity (Wildman–Crippen MR) is 307 cm³/mol. The molecule has 11 amide bonds. The number of nitrogens with one attached hydrogen (secondary N) is 9. The fourth-order valence-electron chi connectivity index (χ4n) is 10.2. The highest BCUT2D eigenvalue weighted by atomic mass is 32.2. The van der Waals surface area contributed by atoms with Gasteiger partial charge in [-0.25, -0.2) is 4.98 Å². The first-order valence-corrected chi connectivity index (χ1v) is 29.9. The molecule has 0 unspecified atom stereocenters. The van der Waals surface area contributed by atoms with Crippen molar-refractivity contribution in [1.29, 1.82) is 0 Å². The Labute approximate surface area is 488 Å². The lowest BCUT2D eigenvalue weighted by Crippen LogP contribution is -2.63. The molecular formula is C56H86N14O12S. The lowest BCUT2D eigenvalue weighted by Gasteiger charge is -2.32. The van der Waals surface area contributed by atoms with Gasteiger partial charge in [0, 0.05) is 43.5 Å².